The van der Waals surface area contributed by atoms with Crippen LogP contribution in [0.3, 0.4) is 0 Å². The molecule has 2 aromatic carbocycles. The molecule has 12 nitrogen and oxygen atoms in total. The minimum atomic E-state index is -0.922. The Labute approximate surface area is 282 Å². The van der Waals surface area contributed by atoms with Gasteiger partial charge < -0.3 is 30.1 Å². The highest BCUT2D eigenvalue weighted by Gasteiger charge is 2.36. The molecular formula is C36H48N8O4. The van der Waals surface area contributed by atoms with Crippen molar-refractivity contribution in [1.82, 2.24) is 34.7 Å². The zero-order chi connectivity index (χ0) is 33.2. The second kappa shape index (κ2) is 14.1. The second-order valence-electron chi connectivity index (χ2n) is 13.8. The minimum Gasteiger partial charge on any atom is -0.436 e. The van der Waals surface area contributed by atoms with Crippen molar-refractivity contribution in [2.45, 2.75) is 63.6 Å². The highest BCUT2D eigenvalue weighted by molar-refractivity contribution is 5.91. The van der Waals surface area contributed by atoms with Crippen molar-refractivity contribution in [1.29, 1.82) is 0 Å². The molecule has 0 bridgehead atoms. The number of rotatable bonds is 6. The van der Waals surface area contributed by atoms with Crippen LogP contribution in [0.15, 0.2) is 42.6 Å². The Morgan fingerprint density at radius 3 is 2.42 bits per heavy atom. The molecule has 4 aliphatic rings. The number of nitrogens with zero attached hydrogens (tertiary/aromatic N) is 6. The van der Waals surface area contributed by atoms with Crippen LogP contribution < -0.4 is 10.6 Å². The molecule has 4 amide bonds. The quantitative estimate of drug-likeness (QED) is 0.418. The largest absolute Gasteiger partial charge is 0.436 e. The second-order valence-corrected chi connectivity index (χ2v) is 13.8. The van der Waals surface area contributed by atoms with Gasteiger partial charge in [-0.25, -0.2) is 9.59 Å². The van der Waals surface area contributed by atoms with E-state index in [1.807, 2.05) is 48.2 Å². The van der Waals surface area contributed by atoms with Gasteiger partial charge in [-0.3, -0.25) is 14.4 Å². The van der Waals surface area contributed by atoms with E-state index in [1.165, 1.54) is 0 Å². The highest BCUT2D eigenvalue weighted by Crippen LogP contribution is 2.26. The first-order chi connectivity index (χ1) is 23.3. The first-order valence-corrected chi connectivity index (χ1v) is 17.6. The van der Waals surface area contributed by atoms with E-state index in [1.54, 1.807) is 9.58 Å². The van der Waals surface area contributed by atoms with Gasteiger partial charge in [0.05, 0.1) is 5.52 Å². The Morgan fingerprint density at radius 1 is 0.938 bits per heavy atom. The summed E-state index contributed by atoms with van der Waals surface area (Å²) >= 11 is 0. The molecule has 3 aromatic rings. The van der Waals surface area contributed by atoms with E-state index in [4.69, 9.17) is 4.74 Å². The number of fused-ring (bicyclic) bond motifs is 2. The summed E-state index contributed by atoms with van der Waals surface area (Å²) in [7, 11) is 1.90. The number of carbonyl (C=O) groups excluding carboxylic acids is 3. The Hall–Kier alpha value is -4.16. The maximum absolute atomic E-state index is 14.1. The average molecular weight is 657 g/mol. The predicted molar refractivity (Wildman–Crippen MR) is 184 cm³/mol. The van der Waals surface area contributed by atoms with Gasteiger partial charge >= 0.3 is 12.1 Å². The molecule has 0 radical (unpaired) electrons. The van der Waals surface area contributed by atoms with Crippen LogP contribution in [0.5, 0.6) is 0 Å². The number of hydrogen-bond donors (Lipinski definition) is 2. The lowest BCUT2D eigenvalue weighted by Gasteiger charge is -2.41. The number of para-hydroxylation sites is 1. The predicted octanol–water partition coefficient (Wildman–Crippen LogP) is 3.38. The number of aryl methyl sites for hydroxylation is 2. The third-order valence-electron chi connectivity index (χ3n) is 10.7. The lowest BCUT2D eigenvalue weighted by Crippen LogP contribution is -2.54. The summed E-state index contributed by atoms with van der Waals surface area (Å²) in [6.07, 6.45) is 4.86. The van der Waals surface area contributed by atoms with Crippen molar-refractivity contribution in [3.8, 4) is 0 Å². The van der Waals surface area contributed by atoms with Crippen LogP contribution in [0.4, 0.5) is 15.3 Å². The molecule has 2 N–H and O–H groups in total. The Balaban J connectivity index is 1.01. The maximum Gasteiger partial charge on any atom is 0.410 e. The monoisotopic (exact) mass is 656 g/mol. The van der Waals surface area contributed by atoms with Gasteiger partial charge in [0.1, 0.15) is 0 Å². The van der Waals surface area contributed by atoms with E-state index in [0.29, 0.717) is 58.0 Å². The number of urea groups is 1. The summed E-state index contributed by atoms with van der Waals surface area (Å²) in [5.41, 5.74) is 4.91. The molecule has 12 heteroatoms. The highest BCUT2D eigenvalue weighted by atomic mass is 16.6. The van der Waals surface area contributed by atoms with Gasteiger partial charge in [-0.2, -0.15) is 5.10 Å². The fourth-order valence-corrected chi connectivity index (χ4v) is 8.01. The molecule has 0 saturated carbocycles. The van der Waals surface area contributed by atoms with E-state index < -0.39 is 12.2 Å². The number of amides is 4. The number of ether oxygens (including phenoxy) is 1. The van der Waals surface area contributed by atoms with Crippen LogP contribution in [0, 0.1) is 6.92 Å². The first kappa shape index (κ1) is 32.4. The summed E-state index contributed by atoms with van der Waals surface area (Å²) in [6, 6.07) is 12.5. The zero-order valence-corrected chi connectivity index (χ0v) is 28.2. The van der Waals surface area contributed by atoms with Gasteiger partial charge in [0.2, 0.25) is 0 Å². The number of benzene rings is 2. The van der Waals surface area contributed by atoms with Crippen molar-refractivity contribution in [3.63, 3.8) is 0 Å². The Morgan fingerprint density at radius 2 is 1.65 bits per heavy atom. The van der Waals surface area contributed by atoms with E-state index >= 15 is 0 Å². The normalized spacial score (nSPS) is 20.7. The number of likely N-dealkylation sites (tertiary alicyclic amines) is 2. The van der Waals surface area contributed by atoms with Crippen LogP contribution in [0.25, 0.3) is 10.9 Å². The number of hydrogen-bond acceptors (Lipinski definition) is 7. The lowest BCUT2D eigenvalue weighted by atomic mass is 9.99. The van der Waals surface area contributed by atoms with E-state index in [-0.39, 0.29) is 18.0 Å². The van der Waals surface area contributed by atoms with Crippen LogP contribution >= 0.6 is 0 Å². The summed E-state index contributed by atoms with van der Waals surface area (Å²) in [4.78, 5) is 49.0. The molecule has 1 aromatic heterocycles. The van der Waals surface area contributed by atoms with Crippen molar-refractivity contribution in [2.24, 2.45) is 7.05 Å². The maximum atomic E-state index is 14.1. The molecule has 0 spiro atoms. The number of aromatic nitrogens is 2. The van der Waals surface area contributed by atoms with Gasteiger partial charge in [0.15, 0.2) is 6.10 Å². The van der Waals surface area contributed by atoms with Gasteiger partial charge in [-0.15, -0.1) is 0 Å². The Kier molecular flexibility index (Phi) is 9.54. The van der Waals surface area contributed by atoms with Crippen molar-refractivity contribution < 1.29 is 19.1 Å². The number of piperidine rings is 2. The molecule has 5 heterocycles. The van der Waals surface area contributed by atoms with E-state index in [0.717, 1.165) is 78.7 Å². The van der Waals surface area contributed by atoms with Crippen molar-refractivity contribution in [3.05, 3.63) is 59.3 Å². The summed E-state index contributed by atoms with van der Waals surface area (Å²) in [5, 5.41) is 12.1. The van der Waals surface area contributed by atoms with E-state index in [2.05, 4.69) is 38.8 Å². The fourth-order valence-electron chi connectivity index (χ4n) is 8.01. The molecule has 0 unspecified atom stereocenters. The number of carbonyl (C=O) groups is 3. The van der Waals surface area contributed by atoms with E-state index in [9.17, 15) is 14.4 Å². The van der Waals surface area contributed by atoms with Crippen molar-refractivity contribution >= 4 is 34.6 Å². The topological polar surface area (TPSA) is 115 Å². The molecule has 48 heavy (non-hydrogen) atoms. The van der Waals surface area contributed by atoms with Gasteiger partial charge in [0.25, 0.3) is 5.91 Å². The third kappa shape index (κ3) is 7.00. The lowest BCUT2D eigenvalue weighted by molar-refractivity contribution is -0.142. The van der Waals surface area contributed by atoms with Gasteiger partial charge in [0, 0.05) is 102 Å². The summed E-state index contributed by atoms with van der Waals surface area (Å²) in [6.45, 7) is 9.03. The number of anilines is 1. The smallest absolute Gasteiger partial charge is 0.410 e. The minimum absolute atomic E-state index is 0.0342. The summed E-state index contributed by atoms with van der Waals surface area (Å²) in [5.74, 6) is -0.123. The van der Waals surface area contributed by atoms with Crippen molar-refractivity contribution in [2.75, 3.05) is 64.2 Å². The molecule has 1 atom stereocenters. The SMILES string of the molecule is Cc1cc(C[C@@H](OC(=O)N2CCC(N3CCc4ccccc4NC3=O)CC2)C(=O)N2CCC(N3CCNCC3)CC2)cc2cn(C)nc12. The third-order valence-corrected chi connectivity index (χ3v) is 10.7. The molecule has 7 rings (SSSR count). The van der Waals surface area contributed by atoms with Gasteiger partial charge in [-0.05, 0) is 67.9 Å². The summed E-state index contributed by atoms with van der Waals surface area (Å²) < 4.78 is 7.93. The number of nitrogens with one attached hydrogen (secondary N) is 2. The first-order valence-electron chi connectivity index (χ1n) is 17.6. The zero-order valence-electron chi connectivity index (χ0n) is 28.2. The molecule has 256 valence electrons. The van der Waals surface area contributed by atoms with Gasteiger partial charge in [-0.1, -0.05) is 24.3 Å². The van der Waals surface area contributed by atoms with Crippen LogP contribution in [0.2, 0.25) is 0 Å². The van der Waals surface area contributed by atoms with Crippen LogP contribution in [-0.4, -0.2) is 125 Å². The molecule has 3 fully saturated rings. The Bertz CT molecular complexity index is 1640. The molecule has 3 saturated heterocycles. The molecular weight excluding hydrogens is 608 g/mol. The standard InChI is InChI=1S/C36H48N8O4/c1-25-21-26(22-28-24-40(2)39-33(25)28)23-32(34(45)42-14-8-29(9-15-42)41-19-12-37-13-20-41)48-36(47)43-16-10-30(11-17-43)44-18-7-27-5-3-4-6-31(27)38-35(44)46/h3-6,21-22,24,29-30,32,37H,7-20,23H2,1-2H3,(H,38,46)/t32-/m1/s1. The van der Waals surface area contributed by atoms with Crippen LogP contribution in [-0.2, 0) is 29.4 Å². The van der Waals surface area contributed by atoms with Crippen LogP contribution in [0.1, 0.15) is 42.4 Å². The fraction of sp³-hybridized carbons (Fsp3) is 0.556. The average Bonchev–Trinajstić information content (AvgIpc) is 3.40. The number of piperazine rings is 1. The molecule has 4 aliphatic heterocycles. The molecule has 0 aliphatic carbocycles.